The number of hydrogen-bond acceptors (Lipinski definition) is 5. The highest BCUT2D eigenvalue weighted by atomic mass is 79.9. The van der Waals surface area contributed by atoms with E-state index in [4.69, 9.17) is 17.3 Å². The Bertz CT molecular complexity index is 835. The van der Waals surface area contributed by atoms with Crippen LogP contribution in [0.3, 0.4) is 0 Å². The molecule has 0 unspecified atom stereocenters. The lowest BCUT2D eigenvalue weighted by Crippen LogP contribution is -2.25. The van der Waals surface area contributed by atoms with Crippen molar-refractivity contribution in [1.29, 1.82) is 0 Å². The number of carbonyl (C=O) groups excluding carboxylic acids is 2. The summed E-state index contributed by atoms with van der Waals surface area (Å²) in [6, 6.07) is 3.18. The van der Waals surface area contributed by atoms with Gasteiger partial charge in [-0.1, -0.05) is 11.6 Å². The molecular formula is C16H17BrClN3O3. The van der Waals surface area contributed by atoms with Crippen molar-refractivity contribution in [3.8, 4) is 0 Å². The number of Topliss-reactive ketones (excluding diaryl/α,β-unsaturated/α-hetero) is 2. The number of aromatic nitrogens is 2. The van der Waals surface area contributed by atoms with Crippen molar-refractivity contribution in [2.75, 3.05) is 6.54 Å². The number of hydrogen-bond donors (Lipinski definition) is 1. The fourth-order valence-corrected chi connectivity index (χ4v) is 2.73. The van der Waals surface area contributed by atoms with E-state index in [1.165, 1.54) is 17.0 Å². The highest BCUT2D eigenvalue weighted by Crippen LogP contribution is 2.25. The lowest BCUT2D eigenvalue weighted by molar-refractivity contribution is -0.124. The first-order chi connectivity index (χ1) is 11.4. The van der Waals surface area contributed by atoms with Gasteiger partial charge in [0.05, 0.1) is 28.8 Å². The quantitative estimate of drug-likeness (QED) is 0.716. The molecule has 0 amide bonds. The molecule has 0 aliphatic rings. The highest BCUT2D eigenvalue weighted by molar-refractivity contribution is 9.10. The normalized spacial score (nSPS) is 11.0. The third-order valence-electron chi connectivity index (χ3n) is 3.56. The second-order valence-corrected chi connectivity index (χ2v) is 6.69. The van der Waals surface area contributed by atoms with Gasteiger partial charge >= 0.3 is 0 Å². The molecule has 2 N–H and O–H groups in total. The van der Waals surface area contributed by atoms with E-state index < -0.39 is 0 Å². The molecule has 2 rings (SSSR count). The van der Waals surface area contributed by atoms with Gasteiger partial charge in [0.15, 0.2) is 5.78 Å². The number of halogens is 2. The molecule has 1 aromatic carbocycles. The number of fused-ring (bicyclic) bond motifs is 1. The van der Waals surface area contributed by atoms with Gasteiger partial charge in [0.2, 0.25) is 0 Å². The minimum Gasteiger partial charge on any atom is -0.330 e. The van der Waals surface area contributed by atoms with Crippen molar-refractivity contribution in [1.82, 2.24) is 9.55 Å². The predicted molar refractivity (Wildman–Crippen MR) is 96.2 cm³/mol. The zero-order valence-corrected chi connectivity index (χ0v) is 15.3. The second-order valence-electron chi connectivity index (χ2n) is 5.43. The molecule has 0 saturated heterocycles. The second kappa shape index (κ2) is 8.50. The summed E-state index contributed by atoms with van der Waals surface area (Å²) in [5.41, 5.74) is 5.50. The molecule has 0 atom stereocenters. The first-order valence-corrected chi connectivity index (χ1v) is 8.67. The van der Waals surface area contributed by atoms with E-state index in [9.17, 15) is 14.4 Å². The summed E-state index contributed by atoms with van der Waals surface area (Å²) in [6.07, 6.45) is 2.62. The maximum atomic E-state index is 12.4. The summed E-state index contributed by atoms with van der Waals surface area (Å²) in [6.45, 7) is 0.343. The molecule has 0 spiro atoms. The molecule has 2 aromatic rings. The summed E-state index contributed by atoms with van der Waals surface area (Å²) in [5, 5.41) is 0.744. The van der Waals surface area contributed by atoms with Crippen molar-refractivity contribution in [2.45, 2.75) is 32.2 Å². The number of carbonyl (C=O) groups is 2. The summed E-state index contributed by atoms with van der Waals surface area (Å²) in [7, 11) is 0. The van der Waals surface area contributed by atoms with Crippen LogP contribution in [0, 0.1) is 0 Å². The molecule has 6 nitrogen and oxygen atoms in total. The fraction of sp³-hybridized carbons (Fsp3) is 0.375. The van der Waals surface area contributed by atoms with E-state index in [1.807, 2.05) is 0 Å². The summed E-state index contributed by atoms with van der Waals surface area (Å²) in [5.74, 6) is -0.183. The van der Waals surface area contributed by atoms with Crippen LogP contribution in [0.15, 0.2) is 27.7 Å². The number of nitrogens with zero attached hydrogens (tertiary/aromatic N) is 2. The average molecular weight is 415 g/mol. The summed E-state index contributed by atoms with van der Waals surface area (Å²) >= 11 is 9.28. The van der Waals surface area contributed by atoms with Crippen LogP contribution in [-0.4, -0.2) is 27.7 Å². The van der Waals surface area contributed by atoms with Gasteiger partial charge in [0, 0.05) is 23.7 Å². The lowest BCUT2D eigenvalue weighted by atomic mass is 10.1. The van der Waals surface area contributed by atoms with Crippen molar-refractivity contribution >= 4 is 50.0 Å². The molecule has 24 heavy (non-hydrogen) atoms. The Kier molecular flexibility index (Phi) is 6.65. The largest absolute Gasteiger partial charge is 0.330 e. The van der Waals surface area contributed by atoms with Crippen LogP contribution in [0.25, 0.3) is 10.9 Å². The molecule has 0 fully saturated rings. The van der Waals surface area contributed by atoms with E-state index in [1.54, 1.807) is 6.07 Å². The highest BCUT2D eigenvalue weighted by Gasteiger charge is 2.12. The Morgan fingerprint density at radius 3 is 2.62 bits per heavy atom. The van der Waals surface area contributed by atoms with Gasteiger partial charge in [-0.3, -0.25) is 19.0 Å². The maximum Gasteiger partial charge on any atom is 0.261 e. The number of benzene rings is 1. The molecule has 1 aromatic heterocycles. The van der Waals surface area contributed by atoms with E-state index in [0.717, 1.165) is 0 Å². The Labute approximate surface area is 152 Å². The van der Waals surface area contributed by atoms with Crippen LogP contribution >= 0.6 is 27.5 Å². The Hall–Kier alpha value is -1.57. The van der Waals surface area contributed by atoms with Crippen LogP contribution < -0.4 is 11.3 Å². The topological polar surface area (TPSA) is 95.1 Å². The Morgan fingerprint density at radius 2 is 1.92 bits per heavy atom. The molecule has 0 saturated carbocycles. The van der Waals surface area contributed by atoms with Crippen molar-refractivity contribution in [3.63, 3.8) is 0 Å². The third-order valence-corrected chi connectivity index (χ3v) is 4.75. The van der Waals surface area contributed by atoms with Crippen molar-refractivity contribution < 1.29 is 9.59 Å². The number of nitrogens with two attached hydrogens (primary N) is 1. The fourth-order valence-electron chi connectivity index (χ4n) is 2.24. The molecule has 8 heteroatoms. The first-order valence-electron chi connectivity index (χ1n) is 7.50. The average Bonchev–Trinajstić information content (AvgIpc) is 2.55. The zero-order chi connectivity index (χ0) is 17.7. The van der Waals surface area contributed by atoms with Crippen molar-refractivity contribution in [3.05, 3.63) is 38.3 Å². The number of ketones is 2. The van der Waals surface area contributed by atoms with Crippen LogP contribution in [0.2, 0.25) is 5.02 Å². The molecule has 1 heterocycles. The molecule has 128 valence electrons. The Balaban J connectivity index is 2.08. The van der Waals surface area contributed by atoms with Gasteiger partial charge in [0.1, 0.15) is 5.78 Å². The summed E-state index contributed by atoms with van der Waals surface area (Å²) < 4.78 is 1.88. The molecule has 0 aliphatic carbocycles. The van der Waals surface area contributed by atoms with Gasteiger partial charge in [-0.25, -0.2) is 4.98 Å². The number of rotatable bonds is 8. The van der Waals surface area contributed by atoms with Gasteiger partial charge in [0.25, 0.3) is 5.56 Å². The van der Waals surface area contributed by atoms with Crippen LogP contribution in [-0.2, 0) is 16.1 Å². The summed E-state index contributed by atoms with van der Waals surface area (Å²) in [4.78, 5) is 40.2. The van der Waals surface area contributed by atoms with E-state index >= 15 is 0 Å². The molecule has 0 radical (unpaired) electrons. The third kappa shape index (κ3) is 4.72. The van der Waals surface area contributed by atoms with Crippen LogP contribution in [0.5, 0.6) is 0 Å². The molecule has 0 bridgehead atoms. The maximum absolute atomic E-state index is 12.4. The Morgan fingerprint density at radius 1 is 1.21 bits per heavy atom. The van der Waals surface area contributed by atoms with Crippen LogP contribution in [0.4, 0.5) is 0 Å². The van der Waals surface area contributed by atoms with E-state index in [2.05, 4.69) is 20.9 Å². The van der Waals surface area contributed by atoms with Crippen LogP contribution in [0.1, 0.15) is 25.7 Å². The van der Waals surface area contributed by atoms with Gasteiger partial charge in [-0.2, -0.15) is 0 Å². The van der Waals surface area contributed by atoms with E-state index in [-0.39, 0.29) is 36.5 Å². The minimum absolute atomic E-state index is 0.00872. The first kappa shape index (κ1) is 18.8. The van der Waals surface area contributed by atoms with E-state index in [0.29, 0.717) is 39.8 Å². The molecular weight excluding hydrogens is 398 g/mol. The van der Waals surface area contributed by atoms with Gasteiger partial charge in [-0.05, 0) is 41.0 Å². The predicted octanol–water partition coefficient (Wildman–Crippen LogP) is 2.47. The SMILES string of the molecule is NCCCC(=O)CCC(=O)Cn1cnc2cc(Br)c(Cl)cc2c1=O. The van der Waals surface area contributed by atoms with Gasteiger partial charge in [-0.15, -0.1) is 0 Å². The standard InChI is InChI=1S/C16H17BrClN3O3/c17-13-7-15-12(6-14(13)18)16(24)21(9-20-15)8-11(23)4-3-10(22)2-1-5-19/h6-7,9H,1-5,8,19H2. The van der Waals surface area contributed by atoms with Gasteiger partial charge < -0.3 is 5.73 Å². The minimum atomic E-state index is -0.336. The molecule has 0 aliphatic heterocycles. The zero-order valence-electron chi connectivity index (χ0n) is 12.9. The monoisotopic (exact) mass is 413 g/mol. The van der Waals surface area contributed by atoms with Crippen molar-refractivity contribution in [2.24, 2.45) is 5.73 Å². The smallest absolute Gasteiger partial charge is 0.261 e. The lowest BCUT2D eigenvalue weighted by Gasteiger charge is -2.07.